The van der Waals surface area contributed by atoms with Gasteiger partial charge in [0.05, 0.1) is 0 Å². The van der Waals surface area contributed by atoms with Crippen LogP contribution in [0.1, 0.15) is 48.1 Å². The van der Waals surface area contributed by atoms with Gasteiger partial charge in [0.2, 0.25) is 6.79 Å². The van der Waals surface area contributed by atoms with Crippen LogP contribution in [0.15, 0.2) is 12.1 Å². The Morgan fingerprint density at radius 3 is 2.48 bits per heavy atom. The average Bonchev–Trinajstić information content (AvgIpc) is 2.97. The van der Waals surface area contributed by atoms with Crippen molar-refractivity contribution in [2.75, 3.05) is 6.79 Å². The van der Waals surface area contributed by atoms with Crippen molar-refractivity contribution in [3.63, 3.8) is 0 Å². The molecule has 2 aromatic carbocycles. The minimum atomic E-state index is -0.215. The van der Waals surface area contributed by atoms with Crippen LogP contribution in [0.5, 0.6) is 11.5 Å². The number of rotatable bonds is 1. The fourth-order valence-corrected chi connectivity index (χ4v) is 4.33. The number of ether oxygens (including phenoxy) is 3. The van der Waals surface area contributed by atoms with Gasteiger partial charge in [-0.3, -0.25) is 4.79 Å². The molecule has 23 heavy (non-hydrogen) atoms. The second kappa shape index (κ2) is 4.63. The van der Waals surface area contributed by atoms with Crippen LogP contribution in [0.2, 0.25) is 0 Å². The molecule has 4 heteroatoms. The van der Waals surface area contributed by atoms with E-state index in [1.54, 1.807) is 0 Å². The van der Waals surface area contributed by atoms with Gasteiger partial charge in [0.25, 0.3) is 0 Å². The summed E-state index contributed by atoms with van der Waals surface area (Å²) >= 11 is 0. The summed E-state index contributed by atoms with van der Waals surface area (Å²) in [6, 6.07) is 4.19. The Balaban J connectivity index is 1.79. The van der Waals surface area contributed by atoms with Crippen LogP contribution in [-0.2, 0) is 28.8 Å². The molecule has 1 unspecified atom stereocenters. The molecule has 1 atom stereocenters. The number of fused-ring (bicyclic) bond motifs is 7. The first-order chi connectivity index (χ1) is 11.2. The van der Waals surface area contributed by atoms with Gasteiger partial charge < -0.3 is 14.2 Å². The summed E-state index contributed by atoms with van der Waals surface area (Å²) in [6.45, 7) is 1.76. The van der Waals surface area contributed by atoms with E-state index in [9.17, 15) is 4.79 Å². The molecule has 2 aliphatic carbocycles. The third kappa shape index (κ3) is 1.81. The lowest BCUT2D eigenvalue weighted by atomic mass is 9.72. The molecular weight excluding hydrogens is 292 g/mol. The van der Waals surface area contributed by atoms with Gasteiger partial charge in [0, 0.05) is 18.9 Å². The maximum Gasteiger partial charge on any atom is 0.303 e. The number of carbonyl (C=O) groups is 1. The van der Waals surface area contributed by atoms with Crippen LogP contribution < -0.4 is 9.47 Å². The first kappa shape index (κ1) is 13.2. The van der Waals surface area contributed by atoms with Crippen LogP contribution in [0.4, 0.5) is 0 Å². The lowest BCUT2D eigenvalue weighted by Crippen LogP contribution is -2.26. The largest absolute Gasteiger partial charge is 0.457 e. The van der Waals surface area contributed by atoms with E-state index in [1.807, 2.05) is 0 Å². The Hall–Kier alpha value is -2.23. The number of hydrogen-bond donors (Lipinski definition) is 0. The van der Waals surface area contributed by atoms with Gasteiger partial charge in [-0.2, -0.15) is 0 Å². The van der Waals surface area contributed by atoms with Crippen LogP contribution in [-0.4, -0.2) is 12.8 Å². The van der Waals surface area contributed by atoms with Gasteiger partial charge in [-0.05, 0) is 65.3 Å². The zero-order valence-electron chi connectivity index (χ0n) is 13.1. The monoisotopic (exact) mass is 310 g/mol. The molecule has 4 nitrogen and oxygen atoms in total. The molecule has 118 valence electrons. The standard InChI is InChI=1S/C19H18O4/c1-10(20)23-18-8-14-12-5-3-2-4-11(12)13-6-16-17(22-9-21-16)7-15(13)19(14)18/h6-7,18H,2-5,8-9H2,1H3. The zero-order valence-corrected chi connectivity index (χ0v) is 13.1. The second-order valence-electron chi connectivity index (χ2n) is 6.61. The minimum absolute atomic E-state index is 0.113. The molecule has 0 spiro atoms. The molecule has 0 radical (unpaired) electrons. The van der Waals surface area contributed by atoms with E-state index in [0.717, 1.165) is 30.8 Å². The Kier molecular flexibility index (Phi) is 2.67. The predicted molar refractivity (Wildman–Crippen MR) is 84.9 cm³/mol. The summed E-state index contributed by atoms with van der Waals surface area (Å²) < 4.78 is 16.6. The molecule has 1 aliphatic heterocycles. The highest BCUT2D eigenvalue weighted by Gasteiger charge is 2.36. The summed E-state index contributed by atoms with van der Waals surface area (Å²) in [5.74, 6) is 1.41. The van der Waals surface area contributed by atoms with Gasteiger partial charge in [0.1, 0.15) is 6.10 Å². The third-order valence-corrected chi connectivity index (χ3v) is 5.30. The van der Waals surface area contributed by atoms with Gasteiger partial charge >= 0.3 is 5.97 Å². The van der Waals surface area contributed by atoms with Crippen molar-refractivity contribution in [2.24, 2.45) is 0 Å². The second-order valence-corrected chi connectivity index (χ2v) is 6.61. The molecule has 1 heterocycles. The Morgan fingerprint density at radius 1 is 1.04 bits per heavy atom. The minimum Gasteiger partial charge on any atom is -0.457 e. The molecule has 2 aromatic rings. The van der Waals surface area contributed by atoms with Crippen LogP contribution in [0.25, 0.3) is 10.8 Å². The fraction of sp³-hybridized carbons (Fsp3) is 0.421. The molecule has 0 saturated carbocycles. The van der Waals surface area contributed by atoms with E-state index in [1.165, 1.54) is 52.8 Å². The highest BCUT2D eigenvalue weighted by atomic mass is 16.7. The maximum absolute atomic E-state index is 11.4. The number of carbonyl (C=O) groups excluding carboxylic acids is 1. The lowest BCUT2D eigenvalue weighted by Gasteiger charge is -2.36. The van der Waals surface area contributed by atoms with Gasteiger partial charge in [-0.15, -0.1) is 0 Å². The summed E-state index contributed by atoms with van der Waals surface area (Å²) in [6.07, 6.45) is 5.47. The highest BCUT2D eigenvalue weighted by Crippen LogP contribution is 2.49. The number of benzene rings is 2. The quantitative estimate of drug-likeness (QED) is 0.755. The van der Waals surface area contributed by atoms with E-state index in [2.05, 4.69) is 12.1 Å². The Morgan fingerprint density at radius 2 is 1.74 bits per heavy atom. The lowest BCUT2D eigenvalue weighted by molar-refractivity contribution is -0.147. The van der Waals surface area contributed by atoms with Crippen LogP contribution in [0, 0.1) is 0 Å². The Bertz CT molecular complexity index is 853. The molecule has 0 aromatic heterocycles. The SMILES string of the molecule is CC(=O)OC1Cc2c3c(c4cc5c(cc4c21)OCO5)CCCC3. The molecule has 3 aliphatic rings. The van der Waals surface area contributed by atoms with E-state index in [4.69, 9.17) is 14.2 Å². The first-order valence-electron chi connectivity index (χ1n) is 8.29. The number of aryl methyl sites for hydroxylation is 1. The maximum atomic E-state index is 11.4. The van der Waals surface area contributed by atoms with Gasteiger partial charge in [0.15, 0.2) is 11.5 Å². The normalized spacial score (nSPS) is 20.7. The van der Waals surface area contributed by atoms with Crippen molar-refractivity contribution < 1.29 is 19.0 Å². The van der Waals surface area contributed by atoms with Crippen molar-refractivity contribution >= 4 is 16.7 Å². The summed E-state index contributed by atoms with van der Waals surface area (Å²) in [4.78, 5) is 11.4. The van der Waals surface area contributed by atoms with Crippen LogP contribution in [0.3, 0.4) is 0 Å². The van der Waals surface area contributed by atoms with Gasteiger partial charge in [-0.25, -0.2) is 0 Å². The molecule has 0 amide bonds. The summed E-state index contributed by atoms with van der Waals surface area (Å²) in [7, 11) is 0. The fourth-order valence-electron chi connectivity index (χ4n) is 4.33. The van der Waals surface area contributed by atoms with Crippen molar-refractivity contribution in [1.82, 2.24) is 0 Å². The molecule has 0 N–H and O–H groups in total. The molecular formula is C19H18O4. The topological polar surface area (TPSA) is 44.8 Å². The van der Waals surface area contributed by atoms with Crippen LogP contribution >= 0.6 is 0 Å². The molecule has 5 rings (SSSR count). The van der Waals surface area contributed by atoms with E-state index in [-0.39, 0.29) is 18.9 Å². The molecule has 0 fully saturated rings. The van der Waals surface area contributed by atoms with Crippen molar-refractivity contribution in [1.29, 1.82) is 0 Å². The highest BCUT2D eigenvalue weighted by molar-refractivity contribution is 5.96. The summed E-state index contributed by atoms with van der Waals surface area (Å²) in [5.41, 5.74) is 5.54. The summed E-state index contributed by atoms with van der Waals surface area (Å²) in [5, 5.41) is 2.42. The Labute approximate surface area is 134 Å². The molecule has 0 bridgehead atoms. The zero-order chi connectivity index (χ0) is 15.6. The van der Waals surface area contributed by atoms with Crippen molar-refractivity contribution in [3.05, 3.63) is 34.4 Å². The van der Waals surface area contributed by atoms with Crippen molar-refractivity contribution in [2.45, 2.75) is 45.1 Å². The van der Waals surface area contributed by atoms with Crippen molar-refractivity contribution in [3.8, 4) is 11.5 Å². The number of hydrogen-bond acceptors (Lipinski definition) is 4. The smallest absolute Gasteiger partial charge is 0.303 e. The van der Waals surface area contributed by atoms with E-state index < -0.39 is 0 Å². The average molecular weight is 310 g/mol. The molecule has 0 saturated heterocycles. The predicted octanol–water partition coefficient (Wildman–Crippen LogP) is 3.61. The third-order valence-electron chi connectivity index (χ3n) is 5.30. The van der Waals surface area contributed by atoms with E-state index in [0.29, 0.717) is 0 Å². The number of esters is 1. The first-order valence-corrected chi connectivity index (χ1v) is 8.29. The van der Waals surface area contributed by atoms with E-state index >= 15 is 0 Å². The van der Waals surface area contributed by atoms with Gasteiger partial charge in [-0.1, -0.05) is 0 Å².